The molecule has 39 heavy (non-hydrogen) atoms. The van der Waals surface area contributed by atoms with Gasteiger partial charge in [0.2, 0.25) is 11.8 Å². The number of rotatable bonds is 9. The number of methoxy groups -OCH3 is 1. The lowest BCUT2D eigenvalue weighted by atomic mass is 10.1. The number of anilines is 1. The van der Waals surface area contributed by atoms with Crippen molar-refractivity contribution in [2.75, 3.05) is 19.0 Å². The first-order valence-corrected chi connectivity index (χ1v) is 12.2. The quantitative estimate of drug-likeness (QED) is 0.330. The second kappa shape index (κ2) is 10.6. The van der Waals surface area contributed by atoms with Gasteiger partial charge in [0.25, 0.3) is 5.91 Å². The van der Waals surface area contributed by atoms with Gasteiger partial charge in [0.15, 0.2) is 23.0 Å². The molecule has 1 unspecified atom stereocenters. The maximum atomic E-state index is 14.5. The lowest BCUT2D eigenvalue weighted by Crippen LogP contribution is -2.24. The molecule has 0 bridgehead atoms. The maximum absolute atomic E-state index is 14.5. The molecule has 0 radical (unpaired) electrons. The topological polar surface area (TPSA) is 120 Å². The fourth-order valence-corrected chi connectivity index (χ4v) is 3.94. The molecular weight excluding hydrogens is 510 g/mol. The molecule has 0 aliphatic heterocycles. The molecule has 1 aromatic carbocycles. The van der Waals surface area contributed by atoms with Crippen LogP contribution in [0.4, 0.5) is 14.6 Å². The molecule has 1 fully saturated rings. The van der Waals surface area contributed by atoms with Crippen LogP contribution < -0.4 is 20.1 Å². The molecule has 1 saturated carbocycles. The molecule has 1 aliphatic carbocycles. The highest BCUT2D eigenvalue weighted by molar-refractivity contribution is 5.97. The van der Waals surface area contributed by atoms with E-state index in [1.165, 1.54) is 26.3 Å². The first-order valence-electron chi connectivity index (χ1n) is 12.8. The second-order valence-electron chi connectivity index (χ2n) is 9.15. The van der Waals surface area contributed by atoms with E-state index in [2.05, 4.69) is 25.7 Å². The molecule has 10 nitrogen and oxygen atoms in total. The highest BCUT2D eigenvalue weighted by Crippen LogP contribution is 2.32. The number of aromatic nitrogens is 4. The Hall–Kier alpha value is -4.61. The smallest absolute Gasteiger partial charge is 0.257 e. The number of carbonyl (C=O) groups is 2. The van der Waals surface area contributed by atoms with Gasteiger partial charge in [-0.3, -0.25) is 9.59 Å². The van der Waals surface area contributed by atoms with Crippen molar-refractivity contribution in [2.45, 2.75) is 33.2 Å². The number of amides is 2. The highest BCUT2D eigenvalue weighted by atomic mass is 19.1. The summed E-state index contributed by atoms with van der Waals surface area (Å²) >= 11 is 0. The minimum absolute atomic E-state index is 0.000831. The zero-order valence-electron chi connectivity index (χ0n) is 22.4. The Morgan fingerprint density at radius 2 is 2.03 bits per heavy atom. The summed E-state index contributed by atoms with van der Waals surface area (Å²) in [6.45, 7) is 1.90. The molecule has 0 saturated heterocycles. The van der Waals surface area contributed by atoms with Crippen LogP contribution in [-0.2, 0) is 11.3 Å². The molecule has 12 heteroatoms. The van der Waals surface area contributed by atoms with E-state index in [9.17, 15) is 18.4 Å². The molecule has 202 valence electrons. The van der Waals surface area contributed by atoms with Gasteiger partial charge >= 0.3 is 0 Å². The van der Waals surface area contributed by atoms with Gasteiger partial charge < -0.3 is 20.1 Å². The molecular formula is C27H26F2N6O4. The van der Waals surface area contributed by atoms with Gasteiger partial charge in [-0.25, -0.2) is 23.3 Å². The Labute approximate surface area is 223 Å². The van der Waals surface area contributed by atoms with E-state index in [1.807, 2.05) is 0 Å². The van der Waals surface area contributed by atoms with E-state index in [-0.39, 0.29) is 41.1 Å². The number of carbonyl (C=O) groups excluding carboxylic acids is 2. The first kappa shape index (κ1) is 24.7. The van der Waals surface area contributed by atoms with Crippen molar-refractivity contribution in [1.29, 1.82) is 0 Å². The van der Waals surface area contributed by atoms with E-state index in [0.717, 1.165) is 18.9 Å². The summed E-state index contributed by atoms with van der Waals surface area (Å²) < 4.78 is 48.9. The summed E-state index contributed by atoms with van der Waals surface area (Å²) in [5, 5.41) is 9.86. The first-order chi connectivity index (χ1) is 19.1. The van der Waals surface area contributed by atoms with Crippen molar-refractivity contribution in [2.24, 2.45) is 5.92 Å². The van der Waals surface area contributed by atoms with Crippen LogP contribution in [0.1, 0.15) is 42.8 Å². The summed E-state index contributed by atoms with van der Waals surface area (Å²) in [7, 11) is 1.36. The van der Waals surface area contributed by atoms with Crippen LogP contribution in [0.5, 0.6) is 11.6 Å². The van der Waals surface area contributed by atoms with Crippen LogP contribution in [0.25, 0.3) is 16.9 Å². The molecule has 3 heterocycles. The van der Waals surface area contributed by atoms with Gasteiger partial charge in [-0.05, 0) is 49.9 Å². The average molecular weight is 538 g/mol. The van der Waals surface area contributed by atoms with Gasteiger partial charge in [0, 0.05) is 36.9 Å². The molecule has 3 aromatic heterocycles. The summed E-state index contributed by atoms with van der Waals surface area (Å²) in [4.78, 5) is 33.3. The largest absolute Gasteiger partial charge is 0.490 e. The van der Waals surface area contributed by atoms with Crippen LogP contribution in [0.15, 0.2) is 36.5 Å². The molecule has 2 N–H and O–H groups in total. The number of benzene rings is 1. The number of aryl methyl sites for hydroxylation is 1. The molecule has 2 amide bonds. The number of nitrogens with zero attached hydrogens (tertiary/aromatic N) is 4. The van der Waals surface area contributed by atoms with E-state index in [0.29, 0.717) is 34.5 Å². The van der Waals surface area contributed by atoms with E-state index in [1.54, 1.807) is 23.6 Å². The normalized spacial score (nSPS) is 14.0. The predicted molar refractivity (Wildman–Crippen MR) is 138 cm³/mol. The van der Waals surface area contributed by atoms with Crippen molar-refractivity contribution in [3.8, 4) is 22.9 Å². The highest BCUT2D eigenvalue weighted by Gasteiger charge is 2.24. The fraction of sp³-hybridized carbons (Fsp3) is 0.296. The standard InChI is InChI=1S/C27H26F2N6O4/c1-14-25(32-15(2)36)33-23-7-6-22(34-35(14)23)17-9-20(27(38-3)31-11-17)26(37)30-12-18-8-19(28)10-21(29)24(18)39-13-16-4-5-16/h6-11,16H,4-5,12-13H2,1-3H3,(H,30,37)(H,32,36)/i13D. The molecule has 4 aromatic rings. The Morgan fingerprint density at radius 1 is 1.23 bits per heavy atom. The van der Waals surface area contributed by atoms with E-state index in [4.69, 9.17) is 10.8 Å². The molecule has 1 aliphatic rings. The minimum Gasteiger partial charge on any atom is -0.490 e. The van der Waals surface area contributed by atoms with Crippen LogP contribution in [-0.4, -0.2) is 45.1 Å². The third-order valence-electron chi connectivity index (χ3n) is 6.11. The number of fused-ring (bicyclic) bond motifs is 1. The zero-order chi connectivity index (χ0) is 28.6. The van der Waals surface area contributed by atoms with Crippen molar-refractivity contribution in [3.05, 3.63) is 65.0 Å². The third kappa shape index (κ3) is 5.64. The third-order valence-corrected chi connectivity index (χ3v) is 6.11. The van der Waals surface area contributed by atoms with Crippen molar-refractivity contribution < 1.29 is 29.2 Å². The summed E-state index contributed by atoms with van der Waals surface area (Å²) in [5.74, 6) is -2.49. The number of halogens is 2. The number of hydrogen-bond donors (Lipinski definition) is 2. The molecule has 5 rings (SSSR count). The molecule has 0 spiro atoms. The van der Waals surface area contributed by atoms with Gasteiger partial charge in [0.1, 0.15) is 11.4 Å². The lowest BCUT2D eigenvalue weighted by molar-refractivity contribution is -0.114. The van der Waals surface area contributed by atoms with E-state index >= 15 is 0 Å². The van der Waals surface area contributed by atoms with E-state index < -0.39 is 24.1 Å². The number of ether oxygens (including phenoxy) is 2. The van der Waals surface area contributed by atoms with Crippen molar-refractivity contribution in [3.63, 3.8) is 0 Å². The Kier molecular flexibility index (Phi) is 6.74. The van der Waals surface area contributed by atoms with Crippen LogP contribution in [0.2, 0.25) is 0 Å². The minimum atomic E-state index is -0.978. The van der Waals surface area contributed by atoms with Gasteiger partial charge in [-0.2, -0.15) is 5.10 Å². The Balaban J connectivity index is 1.41. The van der Waals surface area contributed by atoms with Crippen LogP contribution in [0.3, 0.4) is 0 Å². The number of hydrogen-bond acceptors (Lipinski definition) is 7. The monoisotopic (exact) mass is 537 g/mol. The second-order valence-corrected chi connectivity index (χ2v) is 9.15. The summed E-state index contributed by atoms with van der Waals surface area (Å²) in [5.41, 5.74) is 2.22. The number of imidazole rings is 1. The summed E-state index contributed by atoms with van der Waals surface area (Å²) in [6, 6.07) is 6.69. The van der Waals surface area contributed by atoms with Gasteiger partial charge in [-0.15, -0.1) is 0 Å². The maximum Gasteiger partial charge on any atom is 0.257 e. The number of nitrogens with one attached hydrogen (secondary N) is 2. The average Bonchev–Trinajstić information content (AvgIpc) is 3.73. The zero-order valence-corrected chi connectivity index (χ0v) is 21.4. The van der Waals surface area contributed by atoms with Crippen molar-refractivity contribution in [1.82, 2.24) is 24.9 Å². The summed E-state index contributed by atoms with van der Waals surface area (Å²) in [6.07, 6.45) is 3.11. The SMILES string of the molecule is [2H]C(Oc1c(F)cc(F)cc1CNC(=O)c1cc(-c2ccc3nc(NC(C)=O)c(C)n3n2)cnc1OC)C1CC1. The lowest BCUT2D eigenvalue weighted by Gasteiger charge is -2.14. The molecule has 1 atom stereocenters. The number of pyridine rings is 1. The fourth-order valence-electron chi connectivity index (χ4n) is 3.94. The van der Waals surface area contributed by atoms with Gasteiger partial charge in [-0.1, -0.05) is 0 Å². The Bertz CT molecular complexity index is 1620. The van der Waals surface area contributed by atoms with Gasteiger partial charge in [0.05, 0.1) is 26.5 Å². The Morgan fingerprint density at radius 3 is 2.74 bits per heavy atom. The van der Waals surface area contributed by atoms with Crippen molar-refractivity contribution >= 4 is 23.3 Å². The predicted octanol–water partition coefficient (Wildman–Crippen LogP) is 4.06. The van der Waals surface area contributed by atoms with Crippen LogP contribution >= 0.6 is 0 Å². The van der Waals surface area contributed by atoms with Crippen LogP contribution in [0, 0.1) is 24.5 Å².